The van der Waals surface area contributed by atoms with Crippen molar-refractivity contribution in [2.75, 3.05) is 0 Å². The summed E-state index contributed by atoms with van der Waals surface area (Å²) in [5.41, 5.74) is 0. The summed E-state index contributed by atoms with van der Waals surface area (Å²) in [7, 11) is -3.44. The fraction of sp³-hybridized carbons (Fsp3) is 0.556. The third-order valence-corrected chi connectivity index (χ3v) is 6.34. The van der Waals surface area contributed by atoms with Gasteiger partial charge >= 0.3 is 0 Å². The smallest absolute Gasteiger partial charge is 0.242 e. The van der Waals surface area contributed by atoms with E-state index in [9.17, 15) is 8.42 Å². The monoisotopic (exact) mass is 325 g/mol. The Bertz CT molecular complexity index is 479. The Morgan fingerprint density at radius 2 is 2.25 bits per heavy atom. The molecule has 1 aromatic rings. The van der Waals surface area contributed by atoms with Gasteiger partial charge in [-0.05, 0) is 34.8 Å². The number of sulfonamides is 1. The molecule has 0 unspecified atom stereocenters. The zero-order chi connectivity index (χ0) is 11.8. The predicted octanol–water partition coefficient (Wildman–Crippen LogP) is 1.83. The molecule has 7 heteroatoms. The molecular formula is C9H12BrNO3S2. The minimum absolute atomic E-state index is 0.0781. The van der Waals surface area contributed by atoms with Gasteiger partial charge in [-0.2, -0.15) is 0 Å². The Kier molecular flexibility index (Phi) is 3.70. The SMILES string of the molecule is O=S(=O)(NC1CCC1)c1cc(CO)sc1Br. The normalized spacial score (nSPS) is 17.4. The Hall–Kier alpha value is 0.0500. The second-order valence-electron chi connectivity index (χ2n) is 3.76. The van der Waals surface area contributed by atoms with Crippen LogP contribution in [-0.4, -0.2) is 19.6 Å². The van der Waals surface area contributed by atoms with E-state index in [1.807, 2.05) is 0 Å². The van der Waals surface area contributed by atoms with Gasteiger partial charge in [0.15, 0.2) is 0 Å². The van der Waals surface area contributed by atoms with Gasteiger partial charge in [0.1, 0.15) is 4.90 Å². The van der Waals surface area contributed by atoms with E-state index in [0.717, 1.165) is 19.3 Å². The second kappa shape index (κ2) is 4.73. The minimum Gasteiger partial charge on any atom is -0.391 e. The van der Waals surface area contributed by atoms with E-state index in [-0.39, 0.29) is 17.5 Å². The lowest BCUT2D eigenvalue weighted by Crippen LogP contribution is -2.39. The summed E-state index contributed by atoms with van der Waals surface area (Å²) in [4.78, 5) is 0.870. The highest BCUT2D eigenvalue weighted by Gasteiger charge is 2.27. The van der Waals surface area contributed by atoms with E-state index in [4.69, 9.17) is 5.11 Å². The van der Waals surface area contributed by atoms with E-state index in [2.05, 4.69) is 20.7 Å². The van der Waals surface area contributed by atoms with Crippen molar-refractivity contribution in [3.05, 3.63) is 14.7 Å². The first-order valence-electron chi connectivity index (χ1n) is 4.94. The van der Waals surface area contributed by atoms with Crippen molar-refractivity contribution >= 4 is 37.3 Å². The molecule has 1 saturated carbocycles. The van der Waals surface area contributed by atoms with Gasteiger partial charge in [-0.1, -0.05) is 6.42 Å². The largest absolute Gasteiger partial charge is 0.391 e. The first kappa shape index (κ1) is 12.5. The van der Waals surface area contributed by atoms with Gasteiger partial charge in [0.05, 0.1) is 10.4 Å². The average molecular weight is 326 g/mol. The summed E-state index contributed by atoms with van der Waals surface area (Å²) in [6.07, 6.45) is 2.90. The van der Waals surface area contributed by atoms with Gasteiger partial charge in [0.2, 0.25) is 10.0 Å². The van der Waals surface area contributed by atoms with Crippen molar-refractivity contribution in [2.24, 2.45) is 0 Å². The van der Waals surface area contributed by atoms with Crippen LogP contribution in [0.2, 0.25) is 0 Å². The molecule has 0 atom stereocenters. The van der Waals surface area contributed by atoms with Gasteiger partial charge < -0.3 is 5.11 Å². The first-order chi connectivity index (χ1) is 7.53. The third-order valence-electron chi connectivity index (χ3n) is 2.58. The number of nitrogens with one attached hydrogen (secondary N) is 1. The first-order valence-corrected chi connectivity index (χ1v) is 8.03. The van der Waals surface area contributed by atoms with Crippen molar-refractivity contribution < 1.29 is 13.5 Å². The van der Waals surface area contributed by atoms with Crippen LogP contribution in [0.15, 0.2) is 14.7 Å². The summed E-state index contributed by atoms with van der Waals surface area (Å²) in [5, 5.41) is 8.95. The summed E-state index contributed by atoms with van der Waals surface area (Å²) >= 11 is 4.45. The van der Waals surface area contributed by atoms with Gasteiger partial charge in [-0.15, -0.1) is 11.3 Å². The number of rotatable bonds is 4. The average Bonchev–Trinajstić information content (AvgIpc) is 2.54. The van der Waals surface area contributed by atoms with Crippen LogP contribution in [0.3, 0.4) is 0 Å². The molecule has 1 aliphatic rings. The maximum atomic E-state index is 12.0. The van der Waals surface area contributed by atoms with E-state index >= 15 is 0 Å². The molecule has 1 aromatic heterocycles. The topological polar surface area (TPSA) is 66.4 Å². The number of aliphatic hydroxyl groups is 1. The summed E-state index contributed by atoms with van der Waals surface area (Å²) < 4.78 is 27.1. The molecule has 2 rings (SSSR count). The van der Waals surface area contributed by atoms with Gasteiger partial charge in [-0.25, -0.2) is 13.1 Å². The van der Waals surface area contributed by atoms with Crippen molar-refractivity contribution in [3.63, 3.8) is 0 Å². The standard InChI is InChI=1S/C9H12BrNO3S2/c10-9-8(4-7(5-12)15-9)16(13,14)11-6-2-1-3-6/h4,6,11-12H,1-3,5H2. The Labute approximate surface area is 107 Å². The molecule has 16 heavy (non-hydrogen) atoms. The van der Waals surface area contributed by atoms with Crippen LogP contribution in [0.1, 0.15) is 24.1 Å². The molecular weight excluding hydrogens is 314 g/mol. The number of hydrogen-bond donors (Lipinski definition) is 2. The van der Waals surface area contributed by atoms with Crippen molar-refractivity contribution in [1.29, 1.82) is 0 Å². The number of hydrogen-bond acceptors (Lipinski definition) is 4. The molecule has 1 aliphatic carbocycles. The van der Waals surface area contributed by atoms with Crippen LogP contribution in [0.5, 0.6) is 0 Å². The lowest BCUT2D eigenvalue weighted by atomic mass is 9.94. The van der Waals surface area contributed by atoms with Crippen LogP contribution in [0.25, 0.3) is 0 Å². The van der Waals surface area contributed by atoms with E-state index in [1.54, 1.807) is 0 Å². The van der Waals surface area contributed by atoms with Crippen molar-refractivity contribution in [1.82, 2.24) is 4.72 Å². The zero-order valence-corrected chi connectivity index (χ0v) is 11.7. The lowest BCUT2D eigenvalue weighted by Gasteiger charge is -2.25. The van der Waals surface area contributed by atoms with Crippen LogP contribution < -0.4 is 4.72 Å². The number of aliphatic hydroxyl groups excluding tert-OH is 1. The van der Waals surface area contributed by atoms with Crippen LogP contribution >= 0.6 is 27.3 Å². The molecule has 1 fully saturated rings. The Morgan fingerprint density at radius 3 is 2.69 bits per heavy atom. The van der Waals surface area contributed by atoms with E-state index < -0.39 is 10.0 Å². The molecule has 0 saturated heterocycles. The molecule has 90 valence electrons. The fourth-order valence-electron chi connectivity index (χ4n) is 1.47. The number of halogens is 1. The van der Waals surface area contributed by atoms with Crippen LogP contribution in [0.4, 0.5) is 0 Å². The molecule has 0 spiro atoms. The van der Waals surface area contributed by atoms with Crippen molar-refractivity contribution in [2.45, 2.75) is 36.8 Å². The molecule has 0 bridgehead atoms. The minimum atomic E-state index is -3.44. The lowest BCUT2D eigenvalue weighted by molar-refractivity contribution is 0.285. The molecule has 0 aromatic carbocycles. The molecule has 2 N–H and O–H groups in total. The Morgan fingerprint density at radius 1 is 1.56 bits per heavy atom. The maximum absolute atomic E-state index is 12.0. The highest BCUT2D eigenvalue weighted by Crippen LogP contribution is 2.32. The second-order valence-corrected chi connectivity index (χ2v) is 7.89. The quantitative estimate of drug-likeness (QED) is 0.887. The molecule has 0 aliphatic heterocycles. The fourth-order valence-corrected chi connectivity index (χ4v) is 5.32. The molecule has 0 radical (unpaired) electrons. The van der Waals surface area contributed by atoms with E-state index in [1.165, 1.54) is 17.4 Å². The maximum Gasteiger partial charge on any atom is 0.242 e. The molecule has 4 nitrogen and oxygen atoms in total. The van der Waals surface area contributed by atoms with Crippen LogP contribution in [-0.2, 0) is 16.6 Å². The summed E-state index contributed by atoms with van der Waals surface area (Å²) in [6.45, 7) is -0.137. The Balaban J connectivity index is 2.23. The van der Waals surface area contributed by atoms with Crippen LogP contribution in [0, 0.1) is 0 Å². The molecule has 1 heterocycles. The molecule has 0 amide bonds. The third kappa shape index (κ3) is 2.48. The van der Waals surface area contributed by atoms with E-state index in [0.29, 0.717) is 8.66 Å². The number of thiophene rings is 1. The van der Waals surface area contributed by atoms with Gasteiger partial charge in [-0.3, -0.25) is 0 Å². The highest BCUT2D eigenvalue weighted by molar-refractivity contribution is 9.11. The predicted molar refractivity (Wildman–Crippen MR) is 65.9 cm³/mol. The van der Waals surface area contributed by atoms with Crippen molar-refractivity contribution in [3.8, 4) is 0 Å². The zero-order valence-electron chi connectivity index (χ0n) is 8.44. The van der Waals surface area contributed by atoms with Gasteiger partial charge in [0, 0.05) is 10.9 Å². The summed E-state index contributed by atoms with van der Waals surface area (Å²) in [6, 6.07) is 1.59. The van der Waals surface area contributed by atoms with Gasteiger partial charge in [0.25, 0.3) is 0 Å². The highest BCUT2D eigenvalue weighted by atomic mass is 79.9. The summed E-state index contributed by atoms with van der Waals surface area (Å²) in [5.74, 6) is 0.